The molecule has 0 bridgehead atoms. The van der Waals surface area contributed by atoms with Gasteiger partial charge in [-0.2, -0.15) is 8.75 Å². The Labute approximate surface area is 140 Å². The molecule has 4 rings (SSSR count). The molecule has 1 N–H and O–H groups in total. The Hall–Kier alpha value is -3.13. The van der Waals surface area contributed by atoms with Crippen LogP contribution in [0.15, 0.2) is 53.4 Å². The highest BCUT2D eigenvalue weighted by Crippen LogP contribution is 2.20. The second-order valence-corrected chi connectivity index (χ2v) is 5.51. The summed E-state index contributed by atoms with van der Waals surface area (Å²) in [6.07, 6.45) is 4.75. The monoisotopic (exact) mass is 337 g/mol. The topological polar surface area (TPSA) is 93.8 Å². The van der Waals surface area contributed by atoms with Crippen molar-refractivity contribution in [2.45, 2.75) is 6.54 Å². The van der Waals surface area contributed by atoms with Crippen molar-refractivity contribution in [2.75, 3.05) is 0 Å². The van der Waals surface area contributed by atoms with Crippen molar-refractivity contribution in [1.82, 2.24) is 24.0 Å². The lowest BCUT2D eigenvalue weighted by atomic mass is 10.2. The molecule has 3 heterocycles. The molecule has 0 unspecified atom stereocenters. The fourth-order valence-corrected chi connectivity index (χ4v) is 2.82. The molecule has 118 valence electrons. The first-order chi connectivity index (χ1) is 11.8. The van der Waals surface area contributed by atoms with E-state index in [1.54, 1.807) is 49.0 Å². The number of amides is 1. The minimum absolute atomic E-state index is 0.207. The van der Waals surface area contributed by atoms with Crippen LogP contribution in [0.4, 0.5) is 0 Å². The van der Waals surface area contributed by atoms with Crippen molar-refractivity contribution >= 4 is 28.7 Å². The Morgan fingerprint density at radius 3 is 2.88 bits per heavy atom. The molecular formula is C16H11N5O2S. The quantitative estimate of drug-likeness (QED) is 0.615. The van der Waals surface area contributed by atoms with Crippen molar-refractivity contribution in [3.8, 4) is 11.5 Å². The predicted molar refractivity (Wildman–Crippen MR) is 88.3 cm³/mol. The number of rotatable bonds is 4. The standard InChI is InChI=1S/C16H11N5O2S/c22-16(10-3-4-11-12(8-10)21-24-20-11)19-9-13-15(18-6-5-17-13)14-2-1-7-23-14/h1-8H,9H2,(H,19,22). The number of furan rings is 1. The van der Waals surface area contributed by atoms with Crippen LogP contribution in [-0.2, 0) is 6.54 Å². The van der Waals surface area contributed by atoms with E-state index in [0.29, 0.717) is 28.2 Å². The van der Waals surface area contributed by atoms with Gasteiger partial charge in [0.05, 0.1) is 30.2 Å². The fourth-order valence-electron chi connectivity index (χ4n) is 2.30. The number of carbonyl (C=O) groups excluding carboxylic acids is 1. The SMILES string of the molecule is O=C(NCc1nccnc1-c1ccco1)c1ccc2nsnc2c1. The predicted octanol–water partition coefficient (Wildman–Crippen LogP) is 2.67. The van der Waals surface area contributed by atoms with Crippen LogP contribution in [0, 0.1) is 0 Å². The summed E-state index contributed by atoms with van der Waals surface area (Å²) in [6.45, 7) is 0.246. The first-order valence-corrected chi connectivity index (χ1v) is 7.88. The van der Waals surface area contributed by atoms with Crippen molar-refractivity contribution in [3.05, 3.63) is 60.2 Å². The largest absolute Gasteiger partial charge is 0.463 e. The summed E-state index contributed by atoms with van der Waals surface area (Å²) in [7, 11) is 0. The summed E-state index contributed by atoms with van der Waals surface area (Å²) in [4.78, 5) is 20.9. The number of hydrogen-bond donors (Lipinski definition) is 1. The Balaban J connectivity index is 1.53. The second kappa shape index (κ2) is 6.17. The van der Waals surface area contributed by atoms with E-state index in [2.05, 4.69) is 24.0 Å². The number of nitrogens with zero attached hydrogens (tertiary/aromatic N) is 4. The summed E-state index contributed by atoms with van der Waals surface area (Å²) in [5, 5.41) is 2.85. The molecule has 0 saturated carbocycles. The second-order valence-electron chi connectivity index (χ2n) is 4.98. The van der Waals surface area contributed by atoms with Gasteiger partial charge < -0.3 is 9.73 Å². The fraction of sp³-hybridized carbons (Fsp3) is 0.0625. The van der Waals surface area contributed by atoms with E-state index in [1.165, 1.54) is 0 Å². The zero-order chi connectivity index (χ0) is 16.4. The van der Waals surface area contributed by atoms with Gasteiger partial charge in [0.25, 0.3) is 5.91 Å². The maximum Gasteiger partial charge on any atom is 0.251 e. The maximum absolute atomic E-state index is 12.4. The summed E-state index contributed by atoms with van der Waals surface area (Å²) in [6, 6.07) is 8.81. The summed E-state index contributed by atoms with van der Waals surface area (Å²) in [5.74, 6) is 0.406. The number of nitrogens with one attached hydrogen (secondary N) is 1. The molecule has 0 saturated heterocycles. The van der Waals surface area contributed by atoms with Gasteiger partial charge in [-0.25, -0.2) is 4.98 Å². The van der Waals surface area contributed by atoms with E-state index in [4.69, 9.17) is 4.42 Å². The van der Waals surface area contributed by atoms with Crippen LogP contribution in [0.25, 0.3) is 22.5 Å². The highest BCUT2D eigenvalue weighted by Gasteiger charge is 2.13. The lowest BCUT2D eigenvalue weighted by molar-refractivity contribution is 0.0950. The molecular weight excluding hydrogens is 326 g/mol. The van der Waals surface area contributed by atoms with Gasteiger partial charge in [0.2, 0.25) is 0 Å². The molecule has 8 heteroatoms. The van der Waals surface area contributed by atoms with Gasteiger partial charge in [0.1, 0.15) is 16.7 Å². The van der Waals surface area contributed by atoms with E-state index in [0.717, 1.165) is 17.2 Å². The van der Waals surface area contributed by atoms with E-state index in [9.17, 15) is 4.79 Å². The number of aromatic nitrogens is 4. The van der Waals surface area contributed by atoms with Gasteiger partial charge in [-0.05, 0) is 30.3 Å². The third-order valence-electron chi connectivity index (χ3n) is 3.46. The Bertz CT molecular complexity index is 997. The average molecular weight is 337 g/mol. The normalized spacial score (nSPS) is 10.8. The van der Waals surface area contributed by atoms with Crippen LogP contribution in [0.2, 0.25) is 0 Å². The first kappa shape index (κ1) is 14.5. The minimum Gasteiger partial charge on any atom is -0.463 e. The van der Waals surface area contributed by atoms with Gasteiger partial charge in [-0.15, -0.1) is 0 Å². The molecule has 1 amide bonds. The van der Waals surface area contributed by atoms with Gasteiger partial charge in [0, 0.05) is 18.0 Å². The zero-order valence-corrected chi connectivity index (χ0v) is 13.2. The number of hydrogen-bond acceptors (Lipinski definition) is 7. The molecule has 0 aliphatic rings. The first-order valence-electron chi connectivity index (χ1n) is 7.15. The number of carbonyl (C=O) groups is 1. The van der Waals surface area contributed by atoms with Crippen LogP contribution in [0.5, 0.6) is 0 Å². The number of fused-ring (bicyclic) bond motifs is 1. The molecule has 0 aliphatic heterocycles. The van der Waals surface area contributed by atoms with Crippen LogP contribution in [0.1, 0.15) is 16.1 Å². The molecule has 24 heavy (non-hydrogen) atoms. The van der Waals surface area contributed by atoms with Crippen molar-refractivity contribution in [1.29, 1.82) is 0 Å². The Morgan fingerprint density at radius 2 is 2.00 bits per heavy atom. The lowest BCUT2D eigenvalue weighted by Crippen LogP contribution is -2.23. The molecule has 0 aliphatic carbocycles. The van der Waals surface area contributed by atoms with E-state index >= 15 is 0 Å². The Morgan fingerprint density at radius 1 is 1.12 bits per heavy atom. The molecule has 4 aromatic rings. The van der Waals surface area contributed by atoms with Crippen LogP contribution < -0.4 is 5.32 Å². The molecule has 0 atom stereocenters. The van der Waals surface area contributed by atoms with Crippen LogP contribution >= 0.6 is 11.7 Å². The molecule has 0 fully saturated rings. The zero-order valence-electron chi connectivity index (χ0n) is 12.3. The minimum atomic E-state index is -0.207. The summed E-state index contributed by atoms with van der Waals surface area (Å²) in [5.41, 5.74) is 3.27. The van der Waals surface area contributed by atoms with E-state index < -0.39 is 0 Å². The van der Waals surface area contributed by atoms with Gasteiger partial charge in [-0.1, -0.05) is 0 Å². The molecule has 0 radical (unpaired) electrons. The molecule has 7 nitrogen and oxygen atoms in total. The number of benzene rings is 1. The highest BCUT2D eigenvalue weighted by molar-refractivity contribution is 7.00. The van der Waals surface area contributed by atoms with Crippen molar-refractivity contribution in [2.24, 2.45) is 0 Å². The third kappa shape index (κ3) is 2.74. The maximum atomic E-state index is 12.4. The van der Waals surface area contributed by atoms with Gasteiger partial charge in [0.15, 0.2) is 5.76 Å². The summed E-state index contributed by atoms with van der Waals surface area (Å²) >= 11 is 1.12. The molecule has 3 aromatic heterocycles. The molecule has 1 aromatic carbocycles. The third-order valence-corrected chi connectivity index (χ3v) is 4.02. The highest BCUT2D eigenvalue weighted by atomic mass is 32.1. The van der Waals surface area contributed by atoms with Gasteiger partial charge in [-0.3, -0.25) is 9.78 Å². The smallest absolute Gasteiger partial charge is 0.251 e. The van der Waals surface area contributed by atoms with Crippen molar-refractivity contribution in [3.63, 3.8) is 0 Å². The van der Waals surface area contributed by atoms with Crippen LogP contribution in [0.3, 0.4) is 0 Å². The van der Waals surface area contributed by atoms with E-state index in [-0.39, 0.29) is 12.5 Å². The molecule has 0 spiro atoms. The summed E-state index contributed by atoms with van der Waals surface area (Å²) < 4.78 is 13.6. The van der Waals surface area contributed by atoms with E-state index in [1.807, 2.05) is 0 Å². The Kier molecular flexibility index (Phi) is 3.72. The van der Waals surface area contributed by atoms with Crippen LogP contribution in [-0.4, -0.2) is 24.6 Å². The van der Waals surface area contributed by atoms with Crippen molar-refractivity contribution < 1.29 is 9.21 Å². The lowest BCUT2D eigenvalue weighted by Gasteiger charge is -2.07. The average Bonchev–Trinajstić information content (AvgIpc) is 3.30. The van der Waals surface area contributed by atoms with Gasteiger partial charge >= 0.3 is 0 Å².